The van der Waals surface area contributed by atoms with Gasteiger partial charge in [0.05, 0.1) is 0 Å². The summed E-state index contributed by atoms with van der Waals surface area (Å²) in [6.07, 6.45) is 3.68. The Kier molecular flexibility index (Phi) is 6.08. The molecule has 0 radical (unpaired) electrons. The van der Waals surface area contributed by atoms with E-state index >= 15 is 0 Å². The lowest BCUT2D eigenvalue weighted by Crippen LogP contribution is -2.27. The minimum absolute atomic E-state index is 0.589. The van der Waals surface area contributed by atoms with Gasteiger partial charge < -0.3 is 5.32 Å². The summed E-state index contributed by atoms with van der Waals surface area (Å²) in [6, 6.07) is 0. The van der Waals surface area contributed by atoms with E-state index in [-0.39, 0.29) is 0 Å². The third-order valence-electron chi connectivity index (χ3n) is 1.39. The fourth-order valence-electron chi connectivity index (χ4n) is 0.803. The van der Waals surface area contributed by atoms with Crippen molar-refractivity contribution < 1.29 is 0 Å². The Morgan fingerprint density at radius 2 is 2.25 bits per heavy atom. The predicted octanol–water partition coefficient (Wildman–Crippen LogP) is 1.91. The van der Waals surface area contributed by atoms with E-state index in [0.717, 1.165) is 25.2 Å². The molecule has 0 aromatic heterocycles. The second-order valence-corrected chi connectivity index (χ2v) is 3.18. The Bertz CT molecular complexity index is 177. The van der Waals surface area contributed by atoms with E-state index in [9.17, 15) is 0 Å². The molecule has 12 heavy (non-hydrogen) atoms. The zero-order valence-corrected chi connectivity index (χ0v) is 8.09. The molecular weight excluding hydrogens is 150 g/mol. The average Bonchev–Trinajstić information content (AvgIpc) is 2.01. The van der Waals surface area contributed by atoms with Crippen molar-refractivity contribution in [3.63, 3.8) is 0 Å². The lowest BCUT2D eigenvalue weighted by molar-refractivity contribution is 0.619. The second kappa shape index (κ2) is 6.66. The van der Waals surface area contributed by atoms with Crippen molar-refractivity contribution in [2.45, 2.75) is 33.6 Å². The summed E-state index contributed by atoms with van der Waals surface area (Å²) in [5, 5.41) is 11.5. The van der Waals surface area contributed by atoms with Crippen molar-refractivity contribution in [3.8, 4) is 6.19 Å². The van der Waals surface area contributed by atoms with Gasteiger partial charge in [0.25, 0.3) is 0 Å². The molecule has 0 fully saturated rings. The molecule has 0 amide bonds. The SMILES string of the molecule is CCC/C(=N/C#N)NCC(C)C. The first-order valence-electron chi connectivity index (χ1n) is 4.40. The predicted molar refractivity (Wildman–Crippen MR) is 50.8 cm³/mol. The molecule has 0 rings (SSSR count). The minimum Gasteiger partial charge on any atom is -0.373 e. The monoisotopic (exact) mass is 167 g/mol. The average molecular weight is 167 g/mol. The van der Waals surface area contributed by atoms with Crippen LogP contribution >= 0.6 is 0 Å². The van der Waals surface area contributed by atoms with E-state index in [2.05, 4.69) is 31.1 Å². The van der Waals surface area contributed by atoms with Crippen molar-refractivity contribution in [2.75, 3.05) is 6.54 Å². The van der Waals surface area contributed by atoms with Crippen LogP contribution in [0.25, 0.3) is 0 Å². The summed E-state index contributed by atoms with van der Waals surface area (Å²) in [5.41, 5.74) is 0. The first-order chi connectivity index (χ1) is 5.70. The number of nitriles is 1. The van der Waals surface area contributed by atoms with E-state index in [0.29, 0.717) is 5.92 Å². The molecule has 0 aromatic carbocycles. The quantitative estimate of drug-likeness (QED) is 0.395. The molecule has 3 heteroatoms. The number of nitrogens with one attached hydrogen (secondary N) is 1. The fourth-order valence-corrected chi connectivity index (χ4v) is 0.803. The molecule has 3 nitrogen and oxygen atoms in total. The summed E-state index contributed by atoms with van der Waals surface area (Å²) >= 11 is 0. The summed E-state index contributed by atoms with van der Waals surface area (Å²) < 4.78 is 0. The fraction of sp³-hybridized carbons (Fsp3) is 0.778. The standard InChI is InChI=1S/C9H17N3/c1-4-5-9(12-7-10)11-6-8(2)3/h8H,4-6H2,1-3H3,(H,11,12). The topological polar surface area (TPSA) is 48.2 Å². The van der Waals surface area contributed by atoms with Gasteiger partial charge in [-0.1, -0.05) is 20.8 Å². The maximum Gasteiger partial charge on any atom is 0.207 e. The Morgan fingerprint density at radius 3 is 2.67 bits per heavy atom. The van der Waals surface area contributed by atoms with Crippen molar-refractivity contribution in [3.05, 3.63) is 0 Å². The van der Waals surface area contributed by atoms with Crippen LogP contribution in [0.5, 0.6) is 0 Å². The molecule has 68 valence electrons. The van der Waals surface area contributed by atoms with Gasteiger partial charge in [-0.05, 0) is 12.3 Å². The third kappa shape index (κ3) is 5.72. The van der Waals surface area contributed by atoms with Crippen molar-refractivity contribution in [1.82, 2.24) is 5.32 Å². The molecule has 0 heterocycles. The molecule has 0 spiro atoms. The zero-order valence-electron chi connectivity index (χ0n) is 8.09. The van der Waals surface area contributed by atoms with E-state index in [4.69, 9.17) is 5.26 Å². The van der Waals surface area contributed by atoms with Gasteiger partial charge in [-0.2, -0.15) is 10.3 Å². The number of rotatable bonds is 4. The van der Waals surface area contributed by atoms with E-state index < -0.39 is 0 Å². The number of amidine groups is 1. The van der Waals surface area contributed by atoms with Crippen LogP contribution < -0.4 is 5.32 Å². The van der Waals surface area contributed by atoms with Crippen LogP contribution in [-0.4, -0.2) is 12.4 Å². The van der Waals surface area contributed by atoms with E-state index in [1.54, 1.807) is 6.19 Å². The highest BCUT2D eigenvalue weighted by atomic mass is 15.0. The van der Waals surface area contributed by atoms with Gasteiger partial charge in [-0.15, -0.1) is 0 Å². The minimum atomic E-state index is 0.589. The molecule has 0 aliphatic heterocycles. The Labute approximate surface area is 74.5 Å². The molecule has 0 atom stereocenters. The molecule has 0 aromatic rings. The van der Waals surface area contributed by atoms with Gasteiger partial charge in [0, 0.05) is 13.0 Å². The molecule has 0 aliphatic carbocycles. The van der Waals surface area contributed by atoms with Crippen LogP contribution in [0.4, 0.5) is 0 Å². The molecule has 1 N–H and O–H groups in total. The number of hydrogen-bond acceptors (Lipinski definition) is 2. The van der Waals surface area contributed by atoms with Crippen LogP contribution in [0.3, 0.4) is 0 Å². The van der Waals surface area contributed by atoms with Crippen LogP contribution in [0, 0.1) is 17.4 Å². The lowest BCUT2D eigenvalue weighted by atomic mass is 10.2. The highest BCUT2D eigenvalue weighted by Crippen LogP contribution is 1.92. The molecule has 0 unspecified atom stereocenters. The van der Waals surface area contributed by atoms with E-state index in [1.807, 2.05) is 0 Å². The number of hydrogen-bond donors (Lipinski definition) is 1. The van der Waals surface area contributed by atoms with Crippen LogP contribution in [-0.2, 0) is 0 Å². The maximum absolute atomic E-state index is 8.35. The van der Waals surface area contributed by atoms with Crippen LogP contribution in [0.2, 0.25) is 0 Å². The maximum atomic E-state index is 8.35. The molecule has 0 bridgehead atoms. The van der Waals surface area contributed by atoms with Gasteiger partial charge in [-0.25, -0.2) is 0 Å². The van der Waals surface area contributed by atoms with Crippen molar-refractivity contribution in [1.29, 1.82) is 5.26 Å². The molecular formula is C9H17N3. The summed E-state index contributed by atoms with van der Waals surface area (Å²) in [6.45, 7) is 7.22. The first kappa shape index (κ1) is 11.0. The summed E-state index contributed by atoms with van der Waals surface area (Å²) in [4.78, 5) is 3.70. The molecule has 0 saturated carbocycles. The van der Waals surface area contributed by atoms with Gasteiger partial charge in [0.1, 0.15) is 5.84 Å². The highest BCUT2D eigenvalue weighted by Gasteiger charge is 1.98. The number of nitrogens with zero attached hydrogens (tertiary/aromatic N) is 2. The van der Waals surface area contributed by atoms with Crippen LogP contribution in [0.15, 0.2) is 4.99 Å². The van der Waals surface area contributed by atoms with E-state index in [1.165, 1.54) is 0 Å². The highest BCUT2D eigenvalue weighted by molar-refractivity contribution is 5.82. The molecule has 0 saturated heterocycles. The van der Waals surface area contributed by atoms with Gasteiger partial charge in [-0.3, -0.25) is 0 Å². The second-order valence-electron chi connectivity index (χ2n) is 3.18. The Hall–Kier alpha value is -1.04. The van der Waals surface area contributed by atoms with Crippen LogP contribution in [0.1, 0.15) is 33.6 Å². The lowest BCUT2D eigenvalue weighted by Gasteiger charge is -2.09. The van der Waals surface area contributed by atoms with Crippen molar-refractivity contribution >= 4 is 5.84 Å². The van der Waals surface area contributed by atoms with Gasteiger partial charge in [0.2, 0.25) is 6.19 Å². The van der Waals surface area contributed by atoms with Gasteiger partial charge in [0.15, 0.2) is 0 Å². The number of aliphatic imine (C=N–C) groups is 1. The molecule has 0 aliphatic rings. The summed E-state index contributed by atoms with van der Waals surface area (Å²) in [7, 11) is 0. The van der Waals surface area contributed by atoms with Crippen molar-refractivity contribution in [2.24, 2.45) is 10.9 Å². The largest absolute Gasteiger partial charge is 0.373 e. The smallest absolute Gasteiger partial charge is 0.207 e. The first-order valence-corrected chi connectivity index (χ1v) is 4.40. The summed E-state index contributed by atoms with van der Waals surface area (Å²) in [5.74, 6) is 1.40. The Balaban J connectivity index is 3.81. The Morgan fingerprint density at radius 1 is 1.58 bits per heavy atom. The zero-order chi connectivity index (χ0) is 9.40. The van der Waals surface area contributed by atoms with Gasteiger partial charge >= 0.3 is 0 Å². The normalized spacial score (nSPS) is 11.4. The third-order valence-corrected chi connectivity index (χ3v) is 1.39.